The molecule has 1 atom stereocenters. The molecule has 2 nitrogen and oxygen atoms in total. The minimum absolute atomic E-state index is 0.00926. The van der Waals surface area contributed by atoms with E-state index >= 15 is 0 Å². The van der Waals surface area contributed by atoms with Crippen molar-refractivity contribution in [2.75, 3.05) is 0 Å². The summed E-state index contributed by atoms with van der Waals surface area (Å²) in [6.07, 6.45) is -0.450. The van der Waals surface area contributed by atoms with Crippen molar-refractivity contribution in [1.29, 1.82) is 0 Å². The van der Waals surface area contributed by atoms with Gasteiger partial charge in [0.15, 0.2) is 0 Å². The maximum atomic E-state index is 12.9. The molecule has 0 saturated heterocycles. The van der Waals surface area contributed by atoms with Gasteiger partial charge in [0.25, 0.3) is 5.92 Å². The molecular weight excluding hydrogens is 212 g/mol. The lowest BCUT2D eigenvalue weighted by atomic mass is 10.0. The highest BCUT2D eigenvalue weighted by molar-refractivity contribution is 6.32. The first-order chi connectivity index (χ1) is 6.38. The van der Waals surface area contributed by atoms with Crippen molar-refractivity contribution in [2.45, 2.75) is 17.9 Å². The molecule has 0 amide bonds. The molecule has 1 aromatic carbocycles. The highest BCUT2D eigenvalue weighted by atomic mass is 35.5. The molecule has 5 heteroatoms. The average Bonchev–Trinajstić information content (AvgIpc) is 2.58. The van der Waals surface area contributed by atoms with Gasteiger partial charge in [-0.15, -0.1) is 0 Å². The van der Waals surface area contributed by atoms with Gasteiger partial charge in [-0.05, 0) is 6.07 Å². The van der Waals surface area contributed by atoms with Crippen LogP contribution in [-0.4, -0.2) is 11.0 Å². The predicted molar refractivity (Wildman–Crippen MR) is 48.5 cm³/mol. The predicted octanol–water partition coefficient (Wildman–Crippen LogP) is 2.24. The van der Waals surface area contributed by atoms with Crippen LogP contribution in [0.1, 0.15) is 12.0 Å². The van der Waals surface area contributed by atoms with E-state index in [2.05, 4.69) is 0 Å². The van der Waals surface area contributed by atoms with Crippen molar-refractivity contribution in [1.82, 2.24) is 0 Å². The Bertz CT molecular complexity index is 396. The number of para-hydroxylation sites is 1. The number of hydrogen-bond acceptors (Lipinski definition) is 2. The van der Waals surface area contributed by atoms with E-state index in [9.17, 15) is 13.9 Å². The maximum absolute atomic E-state index is 12.9. The zero-order chi connectivity index (χ0) is 10.6. The first-order valence-corrected chi connectivity index (χ1v) is 4.41. The van der Waals surface area contributed by atoms with Crippen LogP contribution >= 0.6 is 11.6 Å². The molecule has 3 N–H and O–H groups in total. The highest BCUT2D eigenvalue weighted by Crippen LogP contribution is 2.59. The average molecular weight is 220 g/mol. The fraction of sp³-hybridized carbons (Fsp3) is 0.333. The number of phenols is 1. The van der Waals surface area contributed by atoms with Crippen molar-refractivity contribution in [3.63, 3.8) is 0 Å². The minimum Gasteiger partial charge on any atom is -0.506 e. The van der Waals surface area contributed by atoms with Crippen LogP contribution in [0, 0.1) is 0 Å². The summed E-state index contributed by atoms with van der Waals surface area (Å²) in [5.74, 6) is -3.30. The summed E-state index contributed by atoms with van der Waals surface area (Å²) in [7, 11) is 0. The summed E-state index contributed by atoms with van der Waals surface area (Å²) < 4.78 is 25.8. The first kappa shape index (κ1) is 9.68. The zero-order valence-electron chi connectivity index (χ0n) is 7.10. The van der Waals surface area contributed by atoms with E-state index in [4.69, 9.17) is 17.3 Å². The molecule has 1 aliphatic rings. The molecule has 0 heterocycles. The summed E-state index contributed by atoms with van der Waals surface area (Å²) in [5, 5.41) is 9.50. The number of phenolic OH excluding ortho intramolecular Hbond substituents is 1. The van der Waals surface area contributed by atoms with E-state index in [0.29, 0.717) is 0 Å². The number of hydrogen-bond donors (Lipinski definition) is 2. The van der Waals surface area contributed by atoms with Crippen LogP contribution < -0.4 is 5.73 Å². The smallest absolute Gasteiger partial charge is 0.272 e. The molecule has 1 fully saturated rings. The van der Waals surface area contributed by atoms with E-state index in [-0.39, 0.29) is 16.3 Å². The van der Waals surface area contributed by atoms with Crippen molar-refractivity contribution in [2.24, 2.45) is 5.73 Å². The second-order valence-electron chi connectivity index (χ2n) is 3.49. The Hall–Kier alpha value is -0.870. The second kappa shape index (κ2) is 2.58. The van der Waals surface area contributed by atoms with Crippen LogP contribution in [-0.2, 0) is 5.54 Å². The Morgan fingerprint density at radius 1 is 1.43 bits per heavy atom. The van der Waals surface area contributed by atoms with Crippen molar-refractivity contribution in [3.05, 3.63) is 28.8 Å². The highest BCUT2D eigenvalue weighted by Gasteiger charge is 2.70. The van der Waals surface area contributed by atoms with Crippen molar-refractivity contribution < 1.29 is 13.9 Å². The fourth-order valence-corrected chi connectivity index (χ4v) is 1.65. The summed E-state index contributed by atoms with van der Waals surface area (Å²) in [4.78, 5) is 0. The molecule has 0 spiro atoms. The van der Waals surface area contributed by atoms with Crippen molar-refractivity contribution >= 4 is 11.6 Å². The number of rotatable bonds is 1. The van der Waals surface area contributed by atoms with Gasteiger partial charge in [-0.25, -0.2) is 8.78 Å². The maximum Gasteiger partial charge on any atom is 0.272 e. The van der Waals surface area contributed by atoms with E-state index in [1.807, 2.05) is 0 Å². The number of nitrogens with two attached hydrogens (primary N) is 1. The summed E-state index contributed by atoms with van der Waals surface area (Å²) >= 11 is 5.59. The second-order valence-corrected chi connectivity index (χ2v) is 3.90. The van der Waals surface area contributed by atoms with Gasteiger partial charge in [0.1, 0.15) is 11.3 Å². The van der Waals surface area contributed by atoms with Gasteiger partial charge in [-0.1, -0.05) is 23.7 Å². The van der Waals surface area contributed by atoms with Gasteiger partial charge >= 0.3 is 0 Å². The fourth-order valence-electron chi connectivity index (χ4n) is 1.47. The topological polar surface area (TPSA) is 46.2 Å². The number of aromatic hydroxyl groups is 1. The van der Waals surface area contributed by atoms with Gasteiger partial charge in [0.05, 0.1) is 5.02 Å². The number of alkyl halides is 2. The molecule has 0 aromatic heterocycles. The first-order valence-electron chi connectivity index (χ1n) is 4.03. The van der Waals surface area contributed by atoms with E-state index in [1.165, 1.54) is 18.2 Å². The third kappa shape index (κ3) is 1.11. The Kier molecular flexibility index (Phi) is 1.78. The molecule has 76 valence electrons. The number of halogens is 3. The zero-order valence-corrected chi connectivity index (χ0v) is 7.85. The summed E-state index contributed by atoms with van der Waals surface area (Å²) in [6.45, 7) is 0. The lowest BCUT2D eigenvalue weighted by molar-refractivity contribution is 0.0884. The van der Waals surface area contributed by atoms with E-state index in [1.54, 1.807) is 0 Å². The standard InChI is InChI=1S/C9H8ClF2NO/c10-6-3-1-2-5(7(6)14)8(13)4-9(8,11)12/h1-3,14H,4,13H2. The molecule has 1 saturated carbocycles. The lowest BCUT2D eigenvalue weighted by Gasteiger charge is -2.13. The van der Waals surface area contributed by atoms with Gasteiger partial charge < -0.3 is 10.8 Å². The molecule has 1 unspecified atom stereocenters. The Morgan fingerprint density at radius 2 is 2.00 bits per heavy atom. The van der Waals surface area contributed by atoms with Gasteiger partial charge in [0.2, 0.25) is 0 Å². The quantitative estimate of drug-likeness (QED) is 0.761. The minimum atomic E-state index is -2.95. The SMILES string of the molecule is NC1(c2cccc(Cl)c2O)CC1(F)F. The molecule has 0 radical (unpaired) electrons. The third-order valence-corrected chi connectivity index (χ3v) is 2.80. The Balaban J connectivity index is 2.49. The lowest BCUT2D eigenvalue weighted by Crippen LogP contribution is -2.27. The number of benzene rings is 1. The summed E-state index contributed by atoms with van der Waals surface area (Å²) in [5.41, 5.74) is 3.71. The van der Waals surface area contributed by atoms with Crippen LogP contribution in [0.2, 0.25) is 5.02 Å². The van der Waals surface area contributed by atoms with Gasteiger partial charge in [0, 0.05) is 12.0 Å². The molecule has 2 rings (SSSR count). The van der Waals surface area contributed by atoms with Crippen LogP contribution in [0.25, 0.3) is 0 Å². The van der Waals surface area contributed by atoms with E-state index < -0.39 is 17.9 Å². The van der Waals surface area contributed by atoms with E-state index in [0.717, 1.165) is 0 Å². The molecule has 0 aliphatic heterocycles. The van der Waals surface area contributed by atoms with Crippen LogP contribution in [0.15, 0.2) is 18.2 Å². The third-order valence-electron chi connectivity index (χ3n) is 2.50. The Morgan fingerprint density at radius 3 is 2.50 bits per heavy atom. The van der Waals surface area contributed by atoms with Crippen LogP contribution in [0.5, 0.6) is 5.75 Å². The van der Waals surface area contributed by atoms with Gasteiger partial charge in [-0.3, -0.25) is 0 Å². The molecule has 1 aromatic rings. The molecule has 14 heavy (non-hydrogen) atoms. The largest absolute Gasteiger partial charge is 0.506 e. The Labute approximate surface area is 84.3 Å². The van der Waals surface area contributed by atoms with Crippen LogP contribution in [0.4, 0.5) is 8.78 Å². The normalized spacial score (nSPS) is 28.9. The van der Waals surface area contributed by atoms with Crippen molar-refractivity contribution in [3.8, 4) is 5.75 Å². The molecular formula is C9H8ClF2NO. The molecule has 1 aliphatic carbocycles. The monoisotopic (exact) mass is 219 g/mol. The van der Waals surface area contributed by atoms with Crippen LogP contribution in [0.3, 0.4) is 0 Å². The molecule has 0 bridgehead atoms. The van der Waals surface area contributed by atoms with Gasteiger partial charge in [-0.2, -0.15) is 0 Å². The summed E-state index contributed by atoms with van der Waals surface area (Å²) in [6, 6.07) is 4.27.